The summed E-state index contributed by atoms with van der Waals surface area (Å²) in [4.78, 5) is 4.63. The zero-order valence-electron chi connectivity index (χ0n) is 10.7. The van der Waals surface area contributed by atoms with Crippen LogP contribution in [0.1, 0.15) is 44.1 Å². The molecule has 0 saturated carbocycles. The standard InChI is InChI=1S/C14H19ClN2/c1-4-5-11(3)17-13-7-6-10(2)8-12(13)16-14(17)9-15/h6-8,11H,4-5,9H2,1-3H3. The molecule has 1 heterocycles. The van der Waals surface area contributed by atoms with Crippen LogP contribution in [0.2, 0.25) is 0 Å². The number of aryl methyl sites for hydroxylation is 1. The van der Waals surface area contributed by atoms with Crippen molar-refractivity contribution in [1.29, 1.82) is 0 Å². The highest BCUT2D eigenvalue weighted by Crippen LogP contribution is 2.25. The summed E-state index contributed by atoms with van der Waals surface area (Å²) in [5.41, 5.74) is 3.50. The van der Waals surface area contributed by atoms with E-state index in [1.165, 1.54) is 17.5 Å². The van der Waals surface area contributed by atoms with Crippen molar-refractivity contribution in [1.82, 2.24) is 9.55 Å². The number of hydrogen-bond donors (Lipinski definition) is 0. The minimum absolute atomic E-state index is 0.460. The molecule has 17 heavy (non-hydrogen) atoms. The van der Waals surface area contributed by atoms with E-state index in [-0.39, 0.29) is 0 Å². The lowest BCUT2D eigenvalue weighted by molar-refractivity contribution is 0.500. The molecule has 1 unspecified atom stereocenters. The van der Waals surface area contributed by atoms with Crippen LogP contribution in [-0.2, 0) is 5.88 Å². The Morgan fingerprint density at radius 1 is 1.41 bits per heavy atom. The number of rotatable bonds is 4. The van der Waals surface area contributed by atoms with E-state index in [4.69, 9.17) is 11.6 Å². The van der Waals surface area contributed by atoms with Gasteiger partial charge in [0.1, 0.15) is 5.82 Å². The van der Waals surface area contributed by atoms with Gasteiger partial charge in [-0.3, -0.25) is 0 Å². The molecule has 0 amide bonds. The van der Waals surface area contributed by atoms with Crippen molar-refractivity contribution in [3.05, 3.63) is 29.6 Å². The summed E-state index contributed by atoms with van der Waals surface area (Å²) < 4.78 is 2.28. The largest absolute Gasteiger partial charge is 0.324 e. The van der Waals surface area contributed by atoms with Crippen LogP contribution < -0.4 is 0 Å². The summed E-state index contributed by atoms with van der Waals surface area (Å²) in [6, 6.07) is 6.87. The zero-order chi connectivity index (χ0) is 12.4. The van der Waals surface area contributed by atoms with E-state index in [0.29, 0.717) is 11.9 Å². The average Bonchev–Trinajstić information content (AvgIpc) is 2.66. The van der Waals surface area contributed by atoms with Crippen LogP contribution in [0, 0.1) is 6.92 Å². The quantitative estimate of drug-likeness (QED) is 0.734. The van der Waals surface area contributed by atoms with Gasteiger partial charge < -0.3 is 4.57 Å². The Morgan fingerprint density at radius 2 is 2.18 bits per heavy atom. The first kappa shape index (κ1) is 12.4. The Kier molecular flexibility index (Phi) is 3.72. The zero-order valence-corrected chi connectivity index (χ0v) is 11.5. The van der Waals surface area contributed by atoms with Crippen LogP contribution in [0.3, 0.4) is 0 Å². The van der Waals surface area contributed by atoms with Gasteiger partial charge in [0.15, 0.2) is 0 Å². The van der Waals surface area contributed by atoms with Gasteiger partial charge in [0.25, 0.3) is 0 Å². The number of fused-ring (bicyclic) bond motifs is 1. The highest BCUT2D eigenvalue weighted by Gasteiger charge is 2.14. The molecule has 0 radical (unpaired) electrons. The van der Waals surface area contributed by atoms with Gasteiger partial charge in [-0.15, -0.1) is 11.6 Å². The van der Waals surface area contributed by atoms with E-state index in [1.54, 1.807) is 0 Å². The highest BCUT2D eigenvalue weighted by atomic mass is 35.5. The van der Waals surface area contributed by atoms with Gasteiger partial charge in [0, 0.05) is 6.04 Å². The fourth-order valence-electron chi connectivity index (χ4n) is 2.39. The monoisotopic (exact) mass is 250 g/mol. The summed E-state index contributed by atoms with van der Waals surface area (Å²) in [7, 11) is 0. The minimum Gasteiger partial charge on any atom is -0.324 e. The van der Waals surface area contributed by atoms with E-state index < -0.39 is 0 Å². The maximum absolute atomic E-state index is 6.00. The lowest BCUT2D eigenvalue weighted by Gasteiger charge is -2.16. The lowest BCUT2D eigenvalue weighted by Crippen LogP contribution is -2.08. The molecule has 2 rings (SSSR count). The predicted molar refractivity (Wildman–Crippen MR) is 73.6 cm³/mol. The van der Waals surface area contributed by atoms with Crippen molar-refractivity contribution in [2.75, 3.05) is 0 Å². The van der Waals surface area contributed by atoms with E-state index in [9.17, 15) is 0 Å². The second-order valence-corrected chi connectivity index (χ2v) is 4.93. The van der Waals surface area contributed by atoms with Crippen LogP contribution >= 0.6 is 11.6 Å². The number of imidazole rings is 1. The van der Waals surface area contributed by atoms with Crippen LogP contribution in [0.25, 0.3) is 11.0 Å². The Balaban J connectivity index is 2.58. The van der Waals surface area contributed by atoms with Gasteiger partial charge in [-0.05, 0) is 38.0 Å². The molecule has 92 valence electrons. The molecule has 0 spiro atoms. The molecule has 2 aromatic rings. The summed E-state index contributed by atoms with van der Waals surface area (Å²) in [5.74, 6) is 1.45. The number of benzene rings is 1. The average molecular weight is 251 g/mol. The van der Waals surface area contributed by atoms with Crippen molar-refractivity contribution >= 4 is 22.6 Å². The lowest BCUT2D eigenvalue weighted by atomic mass is 10.1. The Bertz CT molecular complexity index is 516. The number of nitrogens with zero attached hydrogens (tertiary/aromatic N) is 2. The second kappa shape index (κ2) is 5.09. The smallest absolute Gasteiger partial charge is 0.125 e. The molecule has 1 aromatic heterocycles. The third kappa shape index (κ3) is 2.32. The van der Waals surface area contributed by atoms with E-state index in [0.717, 1.165) is 17.8 Å². The fourth-order valence-corrected chi connectivity index (χ4v) is 2.58. The van der Waals surface area contributed by atoms with Gasteiger partial charge in [-0.25, -0.2) is 4.98 Å². The molecule has 0 aliphatic carbocycles. The summed E-state index contributed by atoms with van der Waals surface area (Å²) in [5, 5.41) is 0. The van der Waals surface area contributed by atoms with E-state index in [2.05, 4.69) is 48.5 Å². The first-order chi connectivity index (χ1) is 8.17. The van der Waals surface area contributed by atoms with Crippen molar-refractivity contribution in [2.24, 2.45) is 0 Å². The number of halogens is 1. The summed E-state index contributed by atoms with van der Waals surface area (Å²) >= 11 is 6.00. The highest BCUT2D eigenvalue weighted by molar-refractivity contribution is 6.16. The Labute approximate surface area is 108 Å². The van der Waals surface area contributed by atoms with Gasteiger partial charge >= 0.3 is 0 Å². The first-order valence-corrected chi connectivity index (χ1v) is 6.74. The first-order valence-electron chi connectivity index (χ1n) is 6.20. The van der Waals surface area contributed by atoms with Crippen molar-refractivity contribution in [3.63, 3.8) is 0 Å². The summed E-state index contributed by atoms with van der Waals surface area (Å²) in [6.07, 6.45) is 2.33. The minimum atomic E-state index is 0.460. The molecule has 3 heteroatoms. The molecule has 0 bridgehead atoms. The third-order valence-electron chi connectivity index (χ3n) is 3.18. The molecule has 0 saturated heterocycles. The van der Waals surface area contributed by atoms with Crippen molar-refractivity contribution in [3.8, 4) is 0 Å². The normalized spacial score (nSPS) is 13.2. The number of hydrogen-bond acceptors (Lipinski definition) is 1. The van der Waals surface area contributed by atoms with Gasteiger partial charge in [0.05, 0.1) is 16.9 Å². The van der Waals surface area contributed by atoms with Crippen LogP contribution in [-0.4, -0.2) is 9.55 Å². The van der Waals surface area contributed by atoms with Crippen LogP contribution in [0.15, 0.2) is 18.2 Å². The van der Waals surface area contributed by atoms with Crippen LogP contribution in [0.5, 0.6) is 0 Å². The molecule has 1 atom stereocenters. The Hall–Kier alpha value is -1.02. The van der Waals surface area contributed by atoms with E-state index in [1.807, 2.05) is 0 Å². The maximum atomic E-state index is 6.00. The van der Waals surface area contributed by atoms with Gasteiger partial charge in [0.2, 0.25) is 0 Å². The van der Waals surface area contributed by atoms with Gasteiger partial charge in [-0.1, -0.05) is 19.4 Å². The van der Waals surface area contributed by atoms with Crippen molar-refractivity contribution in [2.45, 2.75) is 45.5 Å². The molecule has 0 fully saturated rings. The molecular weight excluding hydrogens is 232 g/mol. The third-order valence-corrected chi connectivity index (χ3v) is 3.42. The molecular formula is C14H19ClN2. The SMILES string of the molecule is CCCC(C)n1c(CCl)nc2cc(C)ccc21. The molecule has 0 N–H and O–H groups in total. The van der Waals surface area contributed by atoms with Crippen LogP contribution in [0.4, 0.5) is 0 Å². The Morgan fingerprint density at radius 3 is 2.82 bits per heavy atom. The number of alkyl halides is 1. The molecule has 0 aliphatic rings. The predicted octanol–water partition coefficient (Wildman–Crippen LogP) is 4.44. The van der Waals surface area contributed by atoms with Crippen molar-refractivity contribution < 1.29 is 0 Å². The van der Waals surface area contributed by atoms with Gasteiger partial charge in [-0.2, -0.15) is 0 Å². The molecule has 1 aromatic carbocycles. The van der Waals surface area contributed by atoms with E-state index >= 15 is 0 Å². The summed E-state index contributed by atoms with van der Waals surface area (Å²) in [6.45, 7) is 6.54. The fraction of sp³-hybridized carbons (Fsp3) is 0.500. The maximum Gasteiger partial charge on any atom is 0.125 e. The molecule has 0 aliphatic heterocycles. The second-order valence-electron chi connectivity index (χ2n) is 4.66. The molecule has 2 nitrogen and oxygen atoms in total. The topological polar surface area (TPSA) is 17.8 Å². The number of aromatic nitrogens is 2.